The quantitative estimate of drug-likeness (QED) is 0.696. The fourth-order valence-corrected chi connectivity index (χ4v) is 2.58. The molecule has 0 bridgehead atoms. The Hall–Kier alpha value is -0.160. The van der Waals surface area contributed by atoms with E-state index in [1.807, 2.05) is 0 Å². The summed E-state index contributed by atoms with van der Waals surface area (Å²) in [6.45, 7) is 5.49. The van der Waals surface area contributed by atoms with Gasteiger partial charge in [0, 0.05) is 33.4 Å². The second-order valence-corrected chi connectivity index (χ2v) is 5.05. The first kappa shape index (κ1) is 14.9. The lowest BCUT2D eigenvalue weighted by atomic mass is 10.0. The first-order chi connectivity index (χ1) is 8.19. The molecule has 0 aromatic carbocycles. The van der Waals surface area contributed by atoms with Crippen molar-refractivity contribution in [1.82, 2.24) is 4.90 Å². The van der Waals surface area contributed by atoms with Crippen molar-refractivity contribution in [2.45, 2.75) is 38.3 Å². The van der Waals surface area contributed by atoms with Crippen LogP contribution in [0.2, 0.25) is 0 Å². The number of nitrogens with zero attached hydrogens (tertiary/aromatic N) is 1. The van der Waals surface area contributed by atoms with Crippen molar-refractivity contribution in [2.75, 3.05) is 40.5 Å². The Morgan fingerprint density at radius 1 is 1.29 bits per heavy atom. The third kappa shape index (κ3) is 4.92. The summed E-state index contributed by atoms with van der Waals surface area (Å²) in [6.07, 6.45) is 3.14. The number of hydrogen-bond donors (Lipinski definition) is 1. The van der Waals surface area contributed by atoms with E-state index in [-0.39, 0.29) is 6.10 Å². The van der Waals surface area contributed by atoms with Crippen LogP contribution < -0.4 is 0 Å². The molecule has 0 radical (unpaired) electrons. The molecule has 3 unspecified atom stereocenters. The number of ether oxygens (including phenoxy) is 2. The van der Waals surface area contributed by atoms with Crippen molar-refractivity contribution in [3.8, 4) is 0 Å². The van der Waals surface area contributed by atoms with Crippen molar-refractivity contribution in [1.29, 1.82) is 0 Å². The minimum atomic E-state index is -0.116. The number of aliphatic hydroxyl groups is 1. The van der Waals surface area contributed by atoms with Crippen molar-refractivity contribution in [2.24, 2.45) is 5.92 Å². The normalized spacial score (nSPS) is 26.6. The molecule has 3 atom stereocenters. The van der Waals surface area contributed by atoms with Gasteiger partial charge in [0.1, 0.15) is 0 Å². The van der Waals surface area contributed by atoms with Crippen LogP contribution in [-0.4, -0.2) is 62.7 Å². The van der Waals surface area contributed by atoms with Gasteiger partial charge in [-0.25, -0.2) is 0 Å². The van der Waals surface area contributed by atoms with Gasteiger partial charge in [0.25, 0.3) is 0 Å². The Balaban J connectivity index is 2.43. The lowest BCUT2D eigenvalue weighted by Crippen LogP contribution is -2.42. The van der Waals surface area contributed by atoms with Crippen LogP contribution in [0.25, 0.3) is 0 Å². The highest BCUT2D eigenvalue weighted by Crippen LogP contribution is 2.26. The molecule has 0 aliphatic heterocycles. The summed E-state index contributed by atoms with van der Waals surface area (Å²) >= 11 is 0. The Labute approximate surface area is 105 Å². The van der Waals surface area contributed by atoms with Gasteiger partial charge < -0.3 is 14.6 Å². The van der Waals surface area contributed by atoms with Crippen molar-refractivity contribution < 1.29 is 14.6 Å². The van der Waals surface area contributed by atoms with Crippen LogP contribution in [0, 0.1) is 5.92 Å². The molecule has 1 saturated carbocycles. The number of hydrogen-bond acceptors (Lipinski definition) is 4. The van der Waals surface area contributed by atoms with Crippen LogP contribution in [0.4, 0.5) is 0 Å². The van der Waals surface area contributed by atoms with Crippen LogP contribution >= 0.6 is 0 Å². The molecule has 0 amide bonds. The van der Waals surface area contributed by atoms with Gasteiger partial charge in [0.05, 0.1) is 19.3 Å². The fraction of sp³-hybridized carbons (Fsp3) is 1.00. The second-order valence-electron chi connectivity index (χ2n) is 5.05. The lowest BCUT2D eigenvalue weighted by Gasteiger charge is -2.31. The maximum Gasteiger partial charge on any atom is 0.0615 e. The van der Waals surface area contributed by atoms with Gasteiger partial charge in [0.2, 0.25) is 0 Å². The molecule has 1 aliphatic rings. The molecule has 17 heavy (non-hydrogen) atoms. The van der Waals surface area contributed by atoms with E-state index in [1.54, 1.807) is 14.2 Å². The summed E-state index contributed by atoms with van der Waals surface area (Å²) < 4.78 is 10.4. The summed E-state index contributed by atoms with van der Waals surface area (Å²) in [5.74, 6) is 0.422. The Morgan fingerprint density at radius 2 is 2.06 bits per heavy atom. The Morgan fingerprint density at radius 3 is 2.59 bits per heavy atom. The third-order valence-electron chi connectivity index (χ3n) is 3.70. The lowest BCUT2D eigenvalue weighted by molar-refractivity contribution is 0.0430. The number of methoxy groups -OCH3 is 2. The van der Waals surface area contributed by atoms with Gasteiger partial charge in [-0.2, -0.15) is 0 Å². The van der Waals surface area contributed by atoms with E-state index < -0.39 is 0 Å². The summed E-state index contributed by atoms with van der Waals surface area (Å²) in [7, 11) is 3.46. The van der Waals surface area contributed by atoms with Gasteiger partial charge in [-0.3, -0.25) is 4.90 Å². The number of aliphatic hydroxyl groups excluding tert-OH is 1. The van der Waals surface area contributed by atoms with E-state index >= 15 is 0 Å². The van der Waals surface area contributed by atoms with Crippen molar-refractivity contribution >= 4 is 0 Å². The zero-order valence-corrected chi connectivity index (χ0v) is 11.4. The molecule has 4 heteroatoms. The zero-order valence-electron chi connectivity index (χ0n) is 11.4. The largest absolute Gasteiger partial charge is 0.393 e. The van der Waals surface area contributed by atoms with Crippen LogP contribution in [0.5, 0.6) is 0 Å². The predicted molar refractivity (Wildman–Crippen MR) is 68.1 cm³/mol. The minimum absolute atomic E-state index is 0.116. The summed E-state index contributed by atoms with van der Waals surface area (Å²) in [5.41, 5.74) is 0. The molecule has 102 valence electrons. The number of rotatable bonds is 8. The van der Waals surface area contributed by atoms with E-state index in [4.69, 9.17) is 9.47 Å². The molecule has 1 fully saturated rings. The first-order valence-electron chi connectivity index (χ1n) is 6.59. The smallest absolute Gasteiger partial charge is 0.0615 e. The van der Waals surface area contributed by atoms with Gasteiger partial charge in [0.15, 0.2) is 0 Å². The Kier molecular flexibility index (Phi) is 7.04. The molecular weight excluding hydrogens is 218 g/mol. The standard InChI is InChI=1S/C13H27NO3/c1-11(10-17-3)14(7-8-16-2)9-12-5-4-6-13(12)15/h11-13,15H,4-10H2,1-3H3. The summed E-state index contributed by atoms with van der Waals surface area (Å²) in [6, 6.07) is 0.378. The fourth-order valence-electron chi connectivity index (χ4n) is 2.58. The van der Waals surface area contributed by atoms with Crippen LogP contribution in [0.15, 0.2) is 0 Å². The monoisotopic (exact) mass is 245 g/mol. The van der Waals surface area contributed by atoms with E-state index in [0.717, 1.165) is 45.6 Å². The van der Waals surface area contributed by atoms with E-state index in [2.05, 4.69) is 11.8 Å². The molecule has 0 aromatic heterocycles. The van der Waals surface area contributed by atoms with Gasteiger partial charge >= 0.3 is 0 Å². The Bertz CT molecular complexity index is 201. The molecule has 0 heterocycles. The molecular formula is C13H27NO3. The van der Waals surface area contributed by atoms with Crippen LogP contribution in [0.1, 0.15) is 26.2 Å². The summed E-state index contributed by atoms with van der Waals surface area (Å²) in [4.78, 5) is 2.37. The molecule has 0 saturated heterocycles. The highest BCUT2D eigenvalue weighted by molar-refractivity contribution is 4.81. The SMILES string of the molecule is COCCN(CC1CCCC1O)C(C)COC. The van der Waals surface area contributed by atoms with E-state index in [1.165, 1.54) is 0 Å². The van der Waals surface area contributed by atoms with Gasteiger partial charge in [-0.05, 0) is 25.7 Å². The average molecular weight is 245 g/mol. The van der Waals surface area contributed by atoms with Crippen LogP contribution in [0.3, 0.4) is 0 Å². The predicted octanol–water partition coefficient (Wildman–Crippen LogP) is 1.13. The van der Waals surface area contributed by atoms with Crippen molar-refractivity contribution in [3.63, 3.8) is 0 Å². The molecule has 0 spiro atoms. The highest BCUT2D eigenvalue weighted by atomic mass is 16.5. The third-order valence-corrected chi connectivity index (χ3v) is 3.70. The highest BCUT2D eigenvalue weighted by Gasteiger charge is 2.28. The van der Waals surface area contributed by atoms with Crippen LogP contribution in [-0.2, 0) is 9.47 Å². The summed E-state index contributed by atoms with van der Waals surface area (Å²) in [5, 5.41) is 9.89. The molecule has 4 nitrogen and oxygen atoms in total. The second kappa shape index (κ2) is 8.03. The molecule has 1 rings (SSSR count). The van der Waals surface area contributed by atoms with E-state index in [0.29, 0.717) is 12.0 Å². The van der Waals surface area contributed by atoms with Gasteiger partial charge in [-0.1, -0.05) is 6.42 Å². The molecule has 1 aliphatic carbocycles. The first-order valence-corrected chi connectivity index (χ1v) is 6.59. The average Bonchev–Trinajstić information content (AvgIpc) is 2.70. The maximum absolute atomic E-state index is 9.89. The minimum Gasteiger partial charge on any atom is -0.393 e. The molecule has 0 aromatic rings. The van der Waals surface area contributed by atoms with E-state index in [9.17, 15) is 5.11 Å². The van der Waals surface area contributed by atoms with Gasteiger partial charge in [-0.15, -0.1) is 0 Å². The zero-order chi connectivity index (χ0) is 12.7. The topological polar surface area (TPSA) is 41.9 Å². The van der Waals surface area contributed by atoms with Crippen molar-refractivity contribution in [3.05, 3.63) is 0 Å². The maximum atomic E-state index is 9.89. The molecule has 1 N–H and O–H groups in total.